The Morgan fingerprint density at radius 3 is 2.36 bits per heavy atom. The van der Waals surface area contributed by atoms with Crippen molar-refractivity contribution in [2.24, 2.45) is 5.73 Å². The normalized spacial score (nSPS) is 14.7. The first kappa shape index (κ1) is 25.1. The van der Waals surface area contributed by atoms with E-state index in [9.17, 15) is 9.59 Å². The van der Waals surface area contributed by atoms with Crippen molar-refractivity contribution in [3.8, 4) is 11.5 Å². The van der Waals surface area contributed by atoms with Gasteiger partial charge in [0.15, 0.2) is 0 Å². The molecule has 1 atom stereocenters. The van der Waals surface area contributed by atoms with Crippen LogP contribution in [0, 0.1) is 6.92 Å². The van der Waals surface area contributed by atoms with E-state index in [-0.39, 0.29) is 12.3 Å². The molecule has 1 fully saturated rings. The Morgan fingerprint density at radius 1 is 0.944 bits per heavy atom. The van der Waals surface area contributed by atoms with Gasteiger partial charge in [-0.15, -0.1) is 0 Å². The predicted octanol–water partition coefficient (Wildman–Crippen LogP) is 4.28. The summed E-state index contributed by atoms with van der Waals surface area (Å²) in [4.78, 5) is 29.4. The van der Waals surface area contributed by atoms with Crippen molar-refractivity contribution in [3.05, 3.63) is 83.9 Å². The van der Waals surface area contributed by atoms with Gasteiger partial charge in [0, 0.05) is 37.6 Å². The Labute approximate surface area is 212 Å². The van der Waals surface area contributed by atoms with Crippen LogP contribution in [0.3, 0.4) is 0 Å². The van der Waals surface area contributed by atoms with Gasteiger partial charge in [-0.1, -0.05) is 30.3 Å². The minimum atomic E-state index is -0.699. The van der Waals surface area contributed by atoms with Crippen LogP contribution in [-0.2, 0) is 4.79 Å². The minimum absolute atomic E-state index is 0.0252. The van der Waals surface area contributed by atoms with E-state index in [4.69, 9.17) is 10.5 Å². The molecule has 0 radical (unpaired) electrons. The molecule has 0 bridgehead atoms. The van der Waals surface area contributed by atoms with Crippen LogP contribution in [0.2, 0.25) is 0 Å². The first-order valence-corrected chi connectivity index (χ1v) is 12.1. The monoisotopic (exact) mass is 487 g/mol. The maximum absolute atomic E-state index is 13.0. The molecular weight excluding hydrogens is 454 g/mol. The topological polar surface area (TPSA) is 99.9 Å². The fraction of sp³-hybridized carbons (Fsp3) is 0.286. The molecule has 1 aliphatic rings. The molecule has 4 N–H and O–H groups in total. The van der Waals surface area contributed by atoms with Crippen LogP contribution < -0.4 is 26.0 Å². The van der Waals surface area contributed by atoms with E-state index in [2.05, 4.69) is 33.5 Å². The van der Waals surface area contributed by atoms with Gasteiger partial charge >= 0.3 is 6.03 Å². The van der Waals surface area contributed by atoms with E-state index in [1.165, 1.54) is 0 Å². The largest absolute Gasteiger partial charge is 0.457 e. The van der Waals surface area contributed by atoms with Crippen molar-refractivity contribution in [1.29, 1.82) is 0 Å². The predicted molar refractivity (Wildman–Crippen MR) is 143 cm³/mol. The molecule has 8 nitrogen and oxygen atoms in total. The van der Waals surface area contributed by atoms with Gasteiger partial charge in [0.05, 0.1) is 12.5 Å². The second kappa shape index (κ2) is 11.6. The highest BCUT2D eigenvalue weighted by atomic mass is 16.5. The van der Waals surface area contributed by atoms with Crippen LogP contribution in [-0.4, -0.2) is 50.1 Å². The van der Waals surface area contributed by atoms with Crippen molar-refractivity contribution < 1.29 is 14.3 Å². The number of carbonyl (C=O) groups excluding carboxylic acids is 2. The second-order valence-corrected chi connectivity index (χ2v) is 9.09. The zero-order valence-electron chi connectivity index (χ0n) is 20.7. The van der Waals surface area contributed by atoms with Crippen LogP contribution in [0.5, 0.6) is 11.5 Å². The van der Waals surface area contributed by atoms with Gasteiger partial charge in [-0.2, -0.15) is 0 Å². The van der Waals surface area contributed by atoms with Gasteiger partial charge in [0.1, 0.15) is 11.5 Å². The first-order chi connectivity index (χ1) is 17.4. The van der Waals surface area contributed by atoms with Crippen LogP contribution in [0.25, 0.3) is 0 Å². The van der Waals surface area contributed by atoms with Crippen molar-refractivity contribution >= 4 is 23.3 Å². The average Bonchev–Trinajstić information content (AvgIpc) is 2.86. The van der Waals surface area contributed by atoms with Gasteiger partial charge in [0.2, 0.25) is 5.91 Å². The third-order valence-corrected chi connectivity index (χ3v) is 6.30. The molecule has 1 aliphatic heterocycles. The number of likely N-dealkylation sites (N-methyl/N-ethyl adjacent to an activating group) is 1. The van der Waals surface area contributed by atoms with E-state index in [0.29, 0.717) is 11.5 Å². The van der Waals surface area contributed by atoms with Crippen LogP contribution in [0.15, 0.2) is 72.8 Å². The molecule has 0 aromatic heterocycles. The highest BCUT2D eigenvalue weighted by molar-refractivity contribution is 5.92. The highest BCUT2D eigenvalue weighted by Crippen LogP contribution is 2.27. The standard InChI is InChI=1S/C28H33N5O3/c1-20-17-22(33-15-13-32(2)14-16-33)11-12-25(20)30-27(34)19-26(31-28(29)35)21-7-6-10-24(18-21)36-23-8-4-3-5-9-23/h3-12,17-18,26H,13-16,19H2,1-2H3,(H,30,34)(H3,29,31,35)/t26-/m1/s1. The molecule has 4 rings (SSSR count). The summed E-state index contributed by atoms with van der Waals surface area (Å²) < 4.78 is 5.91. The lowest BCUT2D eigenvalue weighted by atomic mass is 10.0. The smallest absolute Gasteiger partial charge is 0.312 e. The zero-order chi connectivity index (χ0) is 25.5. The number of primary amides is 1. The molecule has 0 aliphatic carbocycles. The van der Waals surface area contributed by atoms with Gasteiger partial charge in [0.25, 0.3) is 0 Å². The van der Waals surface area contributed by atoms with Crippen molar-refractivity contribution in [3.63, 3.8) is 0 Å². The zero-order valence-corrected chi connectivity index (χ0v) is 20.7. The maximum atomic E-state index is 13.0. The molecule has 3 aromatic rings. The van der Waals surface area contributed by atoms with E-state index >= 15 is 0 Å². The molecule has 3 amide bonds. The molecule has 1 saturated heterocycles. The first-order valence-electron chi connectivity index (χ1n) is 12.1. The molecule has 1 heterocycles. The summed E-state index contributed by atoms with van der Waals surface area (Å²) in [6.45, 7) is 6.01. The van der Waals surface area contributed by atoms with Crippen LogP contribution in [0.1, 0.15) is 23.6 Å². The van der Waals surface area contributed by atoms with E-state index in [1.54, 1.807) is 6.07 Å². The Kier molecular flexibility index (Phi) is 8.07. The van der Waals surface area contributed by atoms with Crippen LogP contribution >= 0.6 is 0 Å². The van der Waals surface area contributed by atoms with Crippen molar-refractivity contribution in [1.82, 2.24) is 10.2 Å². The fourth-order valence-corrected chi connectivity index (χ4v) is 4.28. The number of nitrogens with one attached hydrogen (secondary N) is 2. The van der Waals surface area contributed by atoms with Gasteiger partial charge in [-0.3, -0.25) is 4.79 Å². The third kappa shape index (κ3) is 6.76. The number of ether oxygens (including phenoxy) is 1. The summed E-state index contributed by atoms with van der Waals surface area (Å²) in [6, 6.07) is 21.5. The molecular formula is C28H33N5O3. The number of hydrogen-bond donors (Lipinski definition) is 3. The van der Waals surface area contributed by atoms with E-state index < -0.39 is 12.1 Å². The molecule has 0 unspecified atom stereocenters. The lowest BCUT2D eigenvalue weighted by molar-refractivity contribution is -0.116. The number of anilines is 2. The molecule has 8 heteroatoms. The highest BCUT2D eigenvalue weighted by Gasteiger charge is 2.20. The number of nitrogens with two attached hydrogens (primary N) is 1. The summed E-state index contributed by atoms with van der Waals surface area (Å²) >= 11 is 0. The Balaban J connectivity index is 1.43. The quantitative estimate of drug-likeness (QED) is 0.441. The number of carbonyl (C=O) groups is 2. The number of aryl methyl sites for hydroxylation is 1. The third-order valence-electron chi connectivity index (χ3n) is 6.30. The molecule has 188 valence electrons. The number of para-hydroxylation sites is 1. The lowest BCUT2D eigenvalue weighted by Crippen LogP contribution is -2.44. The fourth-order valence-electron chi connectivity index (χ4n) is 4.28. The van der Waals surface area contributed by atoms with Crippen molar-refractivity contribution in [2.75, 3.05) is 43.4 Å². The average molecular weight is 488 g/mol. The van der Waals surface area contributed by atoms with E-state index in [0.717, 1.165) is 48.7 Å². The van der Waals surface area contributed by atoms with Gasteiger partial charge in [-0.05, 0) is 67.6 Å². The summed E-state index contributed by atoms with van der Waals surface area (Å²) in [5, 5.41) is 5.67. The number of amides is 3. The Morgan fingerprint density at radius 2 is 1.67 bits per heavy atom. The summed E-state index contributed by atoms with van der Waals surface area (Å²) in [6.07, 6.45) is 0.0252. The number of nitrogens with zero attached hydrogens (tertiary/aromatic N) is 2. The lowest BCUT2D eigenvalue weighted by Gasteiger charge is -2.34. The summed E-state index contributed by atoms with van der Waals surface area (Å²) in [7, 11) is 2.13. The second-order valence-electron chi connectivity index (χ2n) is 9.09. The molecule has 0 spiro atoms. The Bertz CT molecular complexity index is 1190. The maximum Gasteiger partial charge on any atom is 0.312 e. The van der Waals surface area contributed by atoms with Gasteiger partial charge in [-0.25, -0.2) is 4.79 Å². The Hall–Kier alpha value is -4.04. The summed E-state index contributed by atoms with van der Waals surface area (Å²) in [5.74, 6) is 1.08. The van der Waals surface area contributed by atoms with Crippen LogP contribution in [0.4, 0.5) is 16.2 Å². The SMILES string of the molecule is Cc1cc(N2CCN(C)CC2)ccc1NC(=O)C[C@@H](NC(N)=O)c1cccc(Oc2ccccc2)c1. The summed E-state index contributed by atoms with van der Waals surface area (Å²) in [5.41, 5.74) is 9.03. The van der Waals surface area contributed by atoms with E-state index in [1.807, 2.05) is 67.6 Å². The van der Waals surface area contributed by atoms with Crippen molar-refractivity contribution in [2.45, 2.75) is 19.4 Å². The number of piperazine rings is 1. The number of hydrogen-bond acceptors (Lipinski definition) is 5. The molecule has 36 heavy (non-hydrogen) atoms. The number of rotatable bonds is 8. The molecule has 3 aromatic carbocycles. The number of benzene rings is 3. The number of urea groups is 1. The van der Waals surface area contributed by atoms with Gasteiger partial charge < -0.3 is 30.9 Å². The minimum Gasteiger partial charge on any atom is -0.457 e. The molecule has 0 saturated carbocycles.